The van der Waals surface area contributed by atoms with E-state index in [-0.39, 0.29) is 6.04 Å². The van der Waals surface area contributed by atoms with Crippen LogP contribution < -0.4 is 5.32 Å². The first-order chi connectivity index (χ1) is 9.83. The molecule has 0 aliphatic heterocycles. The standard InChI is InChI=1S/C14H12ClN5/c15-10-3-1-2-9-8(10)4-5-11(9)20-14-12-13(17-6-16-12)18-7-19-14/h1-3,6-7,11H,4-5H2,(H2,16,17,18,19,20)/t11-/m0/s1. The molecule has 2 aromatic heterocycles. The second-order valence-corrected chi connectivity index (χ2v) is 5.27. The van der Waals surface area contributed by atoms with Gasteiger partial charge in [0.1, 0.15) is 11.8 Å². The fraction of sp³-hybridized carbons (Fsp3) is 0.214. The summed E-state index contributed by atoms with van der Waals surface area (Å²) in [5.41, 5.74) is 4.00. The summed E-state index contributed by atoms with van der Waals surface area (Å²) in [5, 5.41) is 4.32. The van der Waals surface area contributed by atoms with E-state index in [4.69, 9.17) is 11.6 Å². The van der Waals surface area contributed by atoms with Gasteiger partial charge < -0.3 is 10.3 Å². The third-order valence-electron chi connectivity index (χ3n) is 3.75. The van der Waals surface area contributed by atoms with Crippen molar-refractivity contribution in [2.24, 2.45) is 0 Å². The lowest BCUT2D eigenvalue weighted by atomic mass is 10.1. The van der Waals surface area contributed by atoms with E-state index in [1.807, 2.05) is 12.1 Å². The van der Waals surface area contributed by atoms with Crippen LogP contribution in [0.4, 0.5) is 5.82 Å². The molecule has 1 atom stereocenters. The molecule has 0 saturated heterocycles. The molecule has 0 radical (unpaired) electrons. The van der Waals surface area contributed by atoms with E-state index in [2.05, 4.69) is 31.3 Å². The molecule has 2 heterocycles. The van der Waals surface area contributed by atoms with Crippen molar-refractivity contribution >= 4 is 28.6 Å². The summed E-state index contributed by atoms with van der Waals surface area (Å²) in [4.78, 5) is 15.6. The van der Waals surface area contributed by atoms with Crippen molar-refractivity contribution < 1.29 is 0 Å². The largest absolute Gasteiger partial charge is 0.361 e. The van der Waals surface area contributed by atoms with Crippen LogP contribution in [0, 0.1) is 0 Å². The molecule has 20 heavy (non-hydrogen) atoms. The topological polar surface area (TPSA) is 66.5 Å². The molecule has 5 nitrogen and oxygen atoms in total. The van der Waals surface area contributed by atoms with Crippen molar-refractivity contribution in [3.63, 3.8) is 0 Å². The van der Waals surface area contributed by atoms with E-state index in [1.165, 1.54) is 17.5 Å². The van der Waals surface area contributed by atoms with E-state index in [9.17, 15) is 0 Å². The van der Waals surface area contributed by atoms with Gasteiger partial charge in [-0.2, -0.15) is 0 Å². The molecule has 2 N–H and O–H groups in total. The summed E-state index contributed by atoms with van der Waals surface area (Å²) in [6.45, 7) is 0. The number of anilines is 1. The summed E-state index contributed by atoms with van der Waals surface area (Å²) in [6, 6.07) is 6.29. The first-order valence-corrected chi connectivity index (χ1v) is 6.88. The van der Waals surface area contributed by atoms with Crippen LogP contribution in [0.25, 0.3) is 11.2 Å². The number of H-pyrrole nitrogens is 1. The molecular weight excluding hydrogens is 274 g/mol. The Labute approximate surface area is 120 Å². The Balaban J connectivity index is 1.72. The van der Waals surface area contributed by atoms with E-state index in [0.29, 0.717) is 5.65 Å². The van der Waals surface area contributed by atoms with Crippen molar-refractivity contribution in [2.75, 3.05) is 5.32 Å². The molecule has 100 valence electrons. The summed E-state index contributed by atoms with van der Waals surface area (Å²) >= 11 is 6.25. The Bertz CT molecular complexity index is 782. The minimum atomic E-state index is 0.227. The van der Waals surface area contributed by atoms with Crippen LogP contribution in [0.15, 0.2) is 30.9 Å². The third kappa shape index (κ3) is 1.74. The number of nitrogens with zero attached hydrogens (tertiary/aromatic N) is 3. The van der Waals surface area contributed by atoms with Crippen molar-refractivity contribution in [1.82, 2.24) is 19.9 Å². The Hall–Kier alpha value is -2.14. The summed E-state index contributed by atoms with van der Waals surface area (Å²) in [6.07, 6.45) is 5.16. The van der Waals surface area contributed by atoms with Crippen LogP contribution in [-0.2, 0) is 6.42 Å². The predicted molar refractivity (Wildman–Crippen MR) is 77.8 cm³/mol. The van der Waals surface area contributed by atoms with E-state index < -0.39 is 0 Å². The molecule has 0 spiro atoms. The maximum atomic E-state index is 6.25. The molecule has 0 unspecified atom stereocenters. The SMILES string of the molecule is Clc1cccc2c1CC[C@@H]2Nc1ncnc2nc[nH]c12. The average molecular weight is 286 g/mol. The molecule has 0 saturated carbocycles. The minimum absolute atomic E-state index is 0.227. The van der Waals surface area contributed by atoms with Crippen LogP contribution >= 0.6 is 11.6 Å². The first-order valence-electron chi connectivity index (χ1n) is 6.51. The number of hydrogen-bond acceptors (Lipinski definition) is 4. The Kier molecular flexibility index (Phi) is 2.60. The zero-order chi connectivity index (χ0) is 13.5. The summed E-state index contributed by atoms with van der Waals surface area (Å²) in [7, 11) is 0. The maximum Gasteiger partial charge on any atom is 0.182 e. The van der Waals surface area contributed by atoms with Crippen molar-refractivity contribution in [3.8, 4) is 0 Å². The number of aromatic amines is 1. The number of fused-ring (bicyclic) bond motifs is 2. The molecule has 4 rings (SSSR count). The molecule has 0 bridgehead atoms. The third-order valence-corrected chi connectivity index (χ3v) is 4.10. The van der Waals surface area contributed by atoms with Gasteiger partial charge in [-0.1, -0.05) is 23.7 Å². The first kappa shape index (κ1) is 11.7. The Morgan fingerprint density at radius 3 is 3.15 bits per heavy atom. The fourth-order valence-corrected chi connectivity index (χ4v) is 3.08. The number of aromatic nitrogens is 4. The molecule has 1 aromatic carbocycles. The van der Waals surface area contributed by atoms with Gasteiger partial charge >= 0.3 is 0 Å². The lowest BCUT2D eigenvalue weighted by Gasteiger charge is -2.15. The predicted octanol–water partition coefficient (Wildman–Crippen LogP) is 3.11. The van der Waals surface area contributed by atoms with Crippen molar-refractivity contribution in [1.29, 1.82) is 0 Å². The Morgan fingerprint density at radius 1 is 1.25 bits per heavy atom. The average Bonchev–Trinajstić information content (AvgIpc) is 3.07. The van der Waals surface area contributed by atoms with Crippen LogP contribution in [0.5, 0.6) is 0 Å². The van der Waals surface area contributed by atoms with E-state index >= 15 is 0 Å². The quantitative estimate of drug-likeness (QED) is 0.759. The molecule has 0 amide bonds. The van der Waals surface area contributed by atoms with Gasteiger partial charge in [-0.25, -0.2) is 15.0 Å². The zero-order valence-electron chi connectivity index (χ0n) is 10.6. The minimum Gasteiger partial charge on any atom is -0.361 e. The van der Waals surface area contributed by atoms with Gasteiger partial charge in [0.25, 0.3) is 0 Å². The summed E-state index contributed by atoms with van der Waals surface area (Å²) < 4.78 is 0. The number of hydrogen-bond donors (Lipinski definition) is 2. The van der Waals surface area contributed by atoms with E-state index in [1.54, 1.807) is 6.33 Å². The van der Waals surface area contributed by atoms with Crippen LogP contribution in [0.2, 0.25) is 5.02 Å². The molecule has 1 aliphatic carbocycles. The molecule has 1 aliphatic rings. The second-order valence-electron chi connectivity index (χ2n) is 4.87. The fourth-order valence-electron chi connectivity index (χ4n) is 2.80. The maximum absolute atomic E-state index is 6.25. The lowest BCUT2D eigenvalue weighted by molar-refractivity contribution is 0.758. The molecular formula is C14H12ClN5. The number of halogens is 1. The molecule has 6 heteroatoms. The van der Waals surface area contributed by atoms with Crippen LogP contribution in [0.1, 0.15) is 23.6 Å². The smallest absolute Gasteiger partial charge is 0.182 e. The normalized spacial score (nSPS) is 17.4. The van der Waals surface area contributed by atoms with Gasteiger partial charge in [-0.15, -0.1) is 0 Å². The highest BCUT2D eigenvalue weighted by atomic mass is 35.5. The van der Waals surface area contributed by atoms with E-state index in [0.717, 1.165) is 29.2 Å². The van der Waals surface area contributed by atoms with Gasteiger partial charge in [0.15, 0.2) is 11.5 Å². The zero-order valence-corrected chi connectivity index (χ0v) is 11.4. The number of rotatable bonds is 2. The van der Waals surface area contributed by atoms with Gasteiger partial charge in [-0.3, -0.25) is 0 Å². The number of imidazole rings is 1. The highest BCUT2D eigenvalue weighted by Crippen LogP contribution is 2.37. The monoisotopic (exact) mass is 285 g/mol. The van der Waals surface area contributed by atoms with Crippen molar-refractivity contribution in [3.05, 3.63) is 47.0 Å². The second kappa shape index (κ2) is 4.45. The van der Waals surface area contributed by atoms with Gasteiger partial charge in [0, 0.05) is 5.02 Å². The van der Waals surface area contributed by atoms with Crippen LogP contribution in [0.3, 0.4) is 0 Å². The highest BCUT2D eigenvalue weighted by molar-refractivity contribution is 6.31. The van der Waals surface area contributed by atoms with Gasteiger partial charge in [0.05, 0.1) is 12.4 Å². The van der Waals surface area contributed by atoms with Gasteiger partial charge in [0.2, 0.25) is 0 Å². The molecule has 0 fully saturated rings. The number of nitrogens with one attached hydrogen (secondary N) is 2. The summed E-state index contributed by atoms with van der Waals surface area (Å²) in [5.74, 6) is 0.783. The molecule has 3 aromatic rings. The van der Waals surface area contributed by atoms with Crippen molar-refractivity contribution in [2.45, 2.75) is 18.9 Å². The van der Waals surface area contributed by atoms with Gasteiger partial charge in [-0.05, 0) is 30.0 Å². The number of benzene rings is 1. The highest BCUT2D eigenvalue weighted by Gasteiger charge is 2.25. The van der Waals surface area contributed by atoms with Crippen LogP contribution in [-0.4, -0.2) is 19.9 Å². The lowest BCUT2D eigenvalue weighted by Crippen LogP contribution is -2.09. The Morgan fingerprint density at radius 2 is 2.20 bits per heavy atom.